The summed E-state index contributed by atoms with van der Waals surface area (Å²) >= 11 is 0. The number of rotatable bonds is 7. The first-order valence-corrected chi connectivity index (χ1v) is 10.2. The number of para-hydroxylation sites is 1. The smallest absolute Gasteiger partial charge is 0.419 e. The van der Waals surface area contributed by atoms with Crippen LogP contribution in [0.15, 0.2) is 54.6 Å². The summed E-state index contributed by atoms with van der Waals surface area (Å²) in [4.78, 5) is 27.1. The van der Waals surface area contributed by atoms with Gasteiger partial charge in [0.05, 0.1) is 11.6 Å². The second-order valence-electron chi connectivity index (χ2n) is 7.57. The number of likely N-dealkylation sites (tertiary alicyclic amines) is 1. The zero-order valence-corrected chi connectivity index (χ0v) is 17.2. The third-order valence-electron chi connectivity index (χ3n) is 5.11. The van der Waals surface area contributed by atoms with Crippen LogP contribution in [-0.4, -0.2) is 35.9 Å². The van der Waals surface area contributed by atoms with E-state index < -0.39 is 23.8 Å². The van der Waals surface area contributed by atoms with Crippen LogP contribution < -0.4 is 10.1 Å². The molecule has 3 rings (SSSR count). The lowest BCUT2D eigenvalue weighted by Gasteiger charge is -2.34. The van der Waals surface area contributed by atoms with E-state index in [-0.39, 0.29) is 24.2 Å². The molecular formula is C23H25F3N2O3. The Hall–Kier alpha value is -3.03. The average Bonchev–Trinajstić information content (AvgIpc) is 2.74. The van der Waals surface area contributed by atoms with E-state index in [0.29, 0.717) is 18.5 Å². The van der Waals surface area contributed by atoms with E-state index in [1.54, 1.807) is 36.1 Å². The van der Waals surface area contributed by atoms with E-state index in [1.807, 2.05) is 6.07 Å². The Balaban J connectivity index is 1.70. The first-order valence-electron chi connectivity index (χ1n) is 10.2. The SMILES string of the molecule is CC(COc1ccccc1C(F)(F)F)NC(=O)C(c1ccccc1)N1CCCCC1=O. The zero-order valence-electron chi connectivity index (χ0n) is 17.2. The minimum absolute atomic E-state index is 0.0849. The van der Waals surface area contributed by atoms with Crippen molar-refractivity contribution in [2.45, 2.75) is 44.4 Å². The number of hydrogen-bond donors (Lipinski definition) is 1. The van der Waals surface area contributed by atoms with Gasteiger partial charge in [0.25, 0.3) is 0 Å². The Morgan fingerprint density at radius 2 is 1.77 bits per heavy atom. The fourth-order valence-electron chi connectivity index (χ4n) is 3.61. The van der Waals surface area contributed by atoms with E-state index in [4.69, 9.17) is 4.74 Å². The van der Waals surface area contributed by atoms with Crippen molar-refractivity contribution in [3.8, 4) is 5.75 Å². The lowest BCUT2D eigenvalue weighted by Crippen LogP contribution is -2.48. The van der Waals surface area contributed by atoms with Gasteiger partial charge < -0.3 is 15.0 Å². The summed E-state index contributed by atoms with van der Waals surface area (Å²) < 4.78 is 44.8. The average molecular weight is 434 g/mol. The molecule has 1 N–H and O–H groups in total. The van der Waals surface area contributed by atoms with Gasteiger partial charge in [0.1, 0.15) is 18.4 Å². The minimum atomic E-state index is -4.53. The number of piperidine rings is 1. The van der Waals surface area contributed by atoms with Gasteiger partial charge in [0.15, 0.2) is 0 Å². The normalized spacial score (nSPS) is 16.5. The number of alkyl halides is 3. The van der Waals surface area contributed by atoms with E-state index in [2.05, 4.69) is 5.32 Å². The highest BCUT2D eigenvalue weighted by atomic mass is 19.4. The molecule has 166 valence electrons. The van der Waals surface area contributed by atoms with Crippen molar-refractivity contribution in [3.05, 3.63) is 65.7 Å². The van der Waals surface area contributed by atoms with Gasteiger partial charge in [-0.15, -0.1) is 0 Å². The second-order valence-corrected chi connectivity index (χ2v) is 7.57. The zero-order chi connectivity index (χ0) is 22.4. The summed E-state index contributed by atoms with van der Waals surface area (Å²) in [7, 11) is 0. The molecule has 1 saturated heterocycles. The monoisotopic (exact) mass is 434 g/mol. The van der Waals surface area contributed by atoms with Gasteiger partial charge in [-0.05, 0) is 37.5 Å². The molecule has 8 heteroatoms. The molecule has 1 fully saturated rings. The molecule has 2 unspecified atom stereocenters. The van der Waals surface area contributed by atoms with E-state index >= 15 is 0 Å². The molecule has 0 aromatic heterocycles. The highest BCUT2D eigenvalue weighted by Crippen LogP contribution is 2.36. The molecular weight excluding hydrogens is 409 g/mol. The largest absolute Gasteiger partial charge is 0.491 e. The standard InChI is InChI=1S/C23H25F3N2O3/c1-16(15-31-19-12-6-5-11-18(19)23(24,25)26)27-22(30)21(17-9-3-2-4-10-17)28-14-8-7-13-20(28)29/h2-6,9-12,16,21H,7-8,13-15H2,1H3,(H,27,30). The number of amides is 2. The molecule has 2 aromatic carbocycles. The van der Waals surface area contributed by atoms with Crippen molar-refractivity contribution in [3.63, 3.8) is 0 Å². The number of nitrogens with zero attached hydrogens (tertiary/aromatic N) is 1. The summed E-state index contributed by atoms with van der Waals surface area (Å²) in [6.07, 6.45) is -2.53. The maximum atomic E-state index is 13.1. The van der Waals surface area contributed by atoms with Crippen molar-refractivity contribution in [2.75, 3.05) is 13.2 Å². The van der Waals surface area contributed by atoms with Crippen LogP contribution in [0, 0.1) is 0 Å². The van der Waals surface area contributed by atoms with Crippen LogP contribution in [0.3, 0.4) is 0 Å². The summed E-state index contributed by atoms with van der Waals surface area (Å²) in [5, 5.41) is 2.79. The van der Waals surface area contributed by atoms with Gasteiger partial charge in [0, 0.05) is 13.0 Å². The lowest BCUT2D eigenvalue weighted by atomic mass is 10.00. The molecule has 1 heterocycles. The Kier molecular flexibility index (Phi) is 7.20. The summed E-state index contributed by atoms with van der Waals surface area (Å²) in [5.74, 6) is -0.762. The highest BCUT2D eigenvalue weighted by Gasteiger charge is 2.35. The topological polar surface area (TPSA) is 58.6 Å². The highest BCUT2D eigenvalue weighted by molar-refractivity contribution is 5.89. The van der Waals surface area contributed by atoms with Gasteiger partial charge in [-0.1, -0.05) is 42.5 Å². The van der Waals surface area contributed by atoms with Crippen molar-refractivity contribution >= 4 is 11.8 Å². The Morgan fingerprint density at radius 1 is 1.10 bits per heavy atom. The number of halogens is 3. The molecule has 31 heavy (non-hydrogen) atoms. The fourth-order valence-corrected chi connectivity index (χ4v) is 3.61. The van der Waals surface area contributed by atoms with Crippen molar-refractivity contribution in [2.24, 2.45) is 0 Å². The number of benzene rings is 2. The van der Waals surface area contributed by atoms with Crippen LogP contribution in [0.1, 0.15) is 43.4 Å². The molecule has 0 saturated carbocycles. The predicted octanol–water partition coefficient (Wildman–Crippen LogP) is 4.34. The molecule has 1 aliphatic rings. The maximum Gasteiger partial charge on any atom is 0.419 e. The molecule has 2 atom stereocenters. The fraction of sp³-hybridized carbons (Fsp3) is 0.391. The molecule has 0 radical (unpaired) electrons. The van der Waals surface area contributed by atoms with Crippen molar-refractivity contribution < 1.29 is 27.5 Å². The van der Waals surface area contributed by atoms with E-state index in [1.165, 1.54) is 18.2 Å². The number of carbonyl (C=O) groups excluding carboxylic acids is 2. The summed E-state index contributed by atoms with van der Waals surface area (Å²) in [6, 6.07) is 12.6. The molecule has 0 aliphatic carbocycles. The molecule has 0 bridgehead atoms. The van der Waals surface area contributed by atoms with E-state index in [9.17, 15) is 22.8 Å². The van der Waals surface area contributed by atoms with E-state index in [0.717, 1.165) is 18.9 Å². The summed E-state index contributed by atoms with van der Waals surface area (Å²) in [6.45, 7) is 1.98. The first kappa shape index (κ1) is 22.7. The van der Waals surface area contributed by atoms with Crippen LogP contribution in [0.2, 0.25) is 0 Å². The molecule has 1 aliphatic heterocycles. The molecule has 5 nitrogen and oxygen atoms in total. The van der Waals surface area contributed by atoms with Crippen LogP contribution in [0.5, 0.6) is 5.75 Å². The van der Waals surface area contributed by atoms with Gasteiger partial charge in [-0.2, -0.15) is 13.2 Å². The van der Waals surface area contributed by atoms with Crippen molar-refractivity contribution in [1.29, 1.82) is 0 Å². The number of carbonyl (C=O) groups is 2. The Morgan fingerprint density at radius 3 is 2.45 bits per heavy atom. The maximum absolute atomic E-state index is 13.1. The van der Waals surface area contributed by atoms with Crippen LogP contribution in [-0.2, 0) is 15.8 Å². The van der Waals surface area contributed by atoms with Crippen LogP contribution in [0.4, 0.5) is 13.2 Å². The molecule has 2 amide bonds. The lowest BCUT2D eigenvalue weighted by molar-refractivity contribution is -0.143. The van der Waals surface area contributed by atoms with Gasteiger partial charge in [-0.3, -0.25) is 9.59 Å². The number of ether oxygens (including phenoxy) is 1. The Bertz CT molecular complexity index is 902. The Labute approximate surface area is 179 Å². The quantitative estimate of drug-likeness (QED) is 0.705. The summed E-state index contributed by atoms with van der Waals surface area (Å²) in [5.41, 5.74) is -0.180. The van der Waals surface area contributed by atoms with Crippen LogP contribution in [0.25, 0.3) is 0 Å². The molecule has 2 aromatic rings. The van der Waals surface area contributed by atoms with Gasteiger partial charge in [0.2, 0.25) is 11.8 Å². The number of hydrogen-bond acceptors (Lipinski definition) is 3. The second kappa shape index (κ2) is 9.85. The van der Waals surface area contributed by atoms with Gasteiger partial charge in [-0.25, -0.2) is 0 Å². The third-order valence-corrected chi connectivity index (χ3v) is 5.11. The third kappa shape index (κ3) is 5.77. The first-order chi connectivity index (χ1) is 14.8. The predicted molar refractivity (Wildman–Crippen MR) is 109 cm³/mol. The molecule has 0 spiro atoms. The minimum Gasteiger partial charge on any atom is -0.491 e. The van der Waals surface area contributed by atoms with Gasteiger partial charge >= 0.3 is 6.18 Å². The van der Waals surface area contributed by atoms with Crippen LogP contribution >= 0.6 is 0 Å². The number of nitrogens with one attached hydrogen (secondary N) is 1. The van der Waals surface area contributed by atoms with Crippen molar-refractivity contribution in [1.82, 2.24) is 10.2 Å².